The number of anilines is 2. The molecule has 1 unspecified atom stereocenters. The van der Waals surface area contributed by atoms with Crippen molar-refractivity contribution in [2.24, 2.45) is 4.36 Å². The summed E-state index contributed by atoms with van der Waals surface area (Å²) in [7, 11) is -3.02. The molecular formula is C18H18N2O3S. The van der Waals surface area contributed by atoms with Crippen LogP contribution in [0.4, 0.5) is 11.4 Å². The fraction of sp³-hybridized carbons (Fsp3) is 0.278. The quantitative estimate of drug-likeness (QED) is 0.732. The Bertz CT molecular complexity index is 858. The van der Waals surface area contributed by atoms with E-state index >= 15 is 0 Å². The minimum Gasteiger partial charge on any atom is -0.368 e. The Kier molecular flexibility index (Phi) is 3.86. The molecule has 24 heavy (non-hydrogen) atoms. The normalized spacial score (nSPS) is 21.1. The number of carbonyl (C=O) groups is 1. The topological polar surface area (TPSA) is 67.8 Å². The lowest BCUT2D eigenvalue weighted by Crippen LogP contribution is -2.28. The molecular weight excluding hydrogens is 324 g/mol. The van der Waals surface area contributed by atoms with Crippen LogP contribution in [0, 0.1) is 0 Å². The van der Waals surface area contributed by atoms with Gasteiger partial charge in [0, 0.05) is 6.61 Å². The standard InChI is InChI=1S/C18H18N2O3S/c21-18(15-9-5-6-12-23-15)20-24(22)16-10-3-1-7-13(16)19-14-8-2-4-11-17(14)24/h1-4,7-8,10-11,15,19H,5-6,9,12H2. The molecule has 5 nitrogen and oxygen atoms in total. The zero-order valence-corrected chi connectivity index (χ0v) is 13.9. The fourth-order valence-electron chi connectivity index (χ4n) is 3.11. The van der Waals surface area contributed by atoms with Gasteiger partial charge in [-0.3, -0.25) is 4.79 Å². The third-order valence-corrected chi connectivity index (χ3v) is 6.65. The first-order valence-corrected chi connectivity index (χ1v) is 9.58. The Morgan fingerprint density at radius 1 is 1.04 bits per heavy atom. The van der Waals surface area contributed by atoms with E-state index in [1.165, 1.54) is 0 Å². The second kappa shape index (κ2) is 6.03. The molecule has 0 radical (unpaired) electrons. The third-order valence-electron chi connectivity index (χ3n) is 4.31. The van der Waals surface area contributed by atoms with Crippen LogP contribution in [-0.4, -0.2) is 22.8 Å². The zero-order valence-electron chi connectivity index (χ0n) is 13.1. The van der Waals surface area contributed by atoms with Gasteiger partial charge < -0.3 is 10.1 Å². The third kappa shape index (κ3) is 2.52. The monoisotopic (exact) mass is 342 g/mol. The average Bonchev–Trinajstić information content (AvgIpc) is 2.63. The lowest BCUT2D eigenvalue weighted by Gasteiger charge is -2.25. The van der Waals surface area contributed by atoms with Crippen molar-refractivity contribution in [1.29, 1.82) is 0 Å². The van der Waals surface area contributed by atoms with Crippen molar-refractivity contribution >= 4 is 27.0 Å². The van der Waals surface area contributed by atoms with Gasteiger partial charge in [0.1, 0.15) is 15.8 Å². The molecule has 2 aromatic rings. The van der Waals surface area contributed by atoms with Crippen molar-refractivity contribution < 1.29 is 13.7 Å². The van der Waals surface area contributed by atoms with Crippen molar-refractivity contribution in [1.82, 2.24) is 0 Å². The number of fused-ring (bicyclic) bond motifs is 2. The second-order valence-corrected chi connectivity index (χ2v) is 8.04. The highest BCUT2D eigenvalue weighted by Gasteiger charge is 2.30. The molecule has 0 bridgehead atoms. The van der Waals surface area contributed by atoms with Gasteiger partial charge in [0.05, 0.1) is 21.2 Å². The second-order valence-electron chi connectivity index (χ2n) is 5.93. The van der Waals surface area contributed by atoms with Crippen LogP contribution in [0.5, 0.6) is 0 Å². The van der Waals surface area contributed by atoms with Crippen molar-refractivity contribution in [2.75, 3.05) is 11.9 Å². The van der Waals surface area contributed by atoms with Gasteiger partial charge in [-0.25, -0.2) is 4.21 Å². The highest BCUT2D eigenvalue weighted by molar-refractivity contribution is 7.94. The number of hydrogen-bond donors (Lipinski definition) is 1. The molecule has 2 aliphatic rings. The van der Waals surface area contributed by atoms with Gasteiger partial charge in [-0.05, 0) is 43.5 Å². The number of rotatable bonds is 1. The van der Waals surface area contributed by atoms with E-state index < -0.39 is 21.7 Å². The summed E-state index contributed by atoms with van der Waals surface area (Å²) < 4.78 is 23.5. The summed E-state index contributed by atoms with van der Waals surface area (Å²) in [5.41, 5.74) is 1.45. The SMILES string of the molecule is O=C(N=S1(=O)c2ccccc2Nc2ccccc21)C1CCCCO1. The van der Waals surface area contributed by atoms with E-state index in [4.69, 9.17) is 4.74 Å². The van der Waals surface area contributed by atoms with Crippen LogP contribution in [0.2, 0.25) is 0 Å². The van der Waals surface area contributed by atoms with E-state index in [0.29, 0.717) is 22.8 Å². The van der Waals surface area contributed by atoms with E-state index in [0.717, 1.165) is 24.2 Å². The molecule has 1 atom stereocenters. The summed E-state index contributed by atoms with van der Waals surface area (Å²) in [4.78, 5) is 13.7. The van der Waals surface area contributed by atoms with Gasteiger partial charge in [0.2, 0.25) is 0 Å². The molecule has 2 aromatic carbocycles. The molecule has 0 aromatic heterocycles. The minimum absolute atomic E-state index is 0.425. The van der Waals surface area contributed by atoms with Crippen molar-refractivity contribution in [3.63, 3.8) is 0 Å². The molecule has 1 N–H and O–H groups in total. The highest BCUT2D eigenvalue weighted by Crippen LogP contribution is 2.40. The largest absolute Gasteiger partial charge is 0.368 e. The lowest BCUT2D eigenvalue weighted by molar-refractivity contribution is -0.131. The van der Waals surface area contributed by atoms with Gasteiger partial charge in [0.15, 0.2) is 0 Å². The molecule has 1 fully saturated rings. The molecule has 1 saturated heterocycles. The zero-order chi connectivity index (χ0) is 16.6. The maximum Gasteiger partial charge on any atom is 0.283 e. The van der Waals surface area contributed by atoms with Crippen LogP contribution >= 0.6 is 0 Å². The molecule has 0 aliphatic carbocycles. The van der Waals surface area contributed by atoms with E-state index in [9.17, 15) is 9.00 Å². The maximum atomic E-state index is 13.8. The Morgan fingerprint density at radius 3 is 2.25 bits per heavy atom. The fourth-order valence-corrected chi connectivity index (χ4v) is 5.27. The molecule has 0 saturated carbocycles. The van der Waals surface area contributed by atoms with Crippen LogP contribution in [0.3, 0.4) is 0 Å². The van der Waals surface area contributed by atoms with Gasteiger partial charge >= 0.3 is 0 Å². The summed E-state index contributed by atoms with van der Waals surface area (Å²) in [5, 5.41) is 3.27. The van der Waals surface area contributed by atoms with Gasteiger partial charge in [-0.15, -0.1) is 0 Å². The van der Waals surface area contributed by atoms with E-state index in [1.807, 2.05) is 36.4 Å². The molecule has 4 rings (SSSR count). The maximum absolute atomic E-state index is 13.8. The number of ether oxygens (including phenoxy) is 1. The Labute approximate surface area is 141 Å². The molecule has 2 aliphatic heterocycles. The van der Waals surface area contributed by atoms with Gasteiger partial charge in [0.25, 0.3) is 5.91 Å². The smallest absolute Gasteiger partial charge is 0.283 e. The van der Waals surface area contributed by atoms with Crippen LogP contribution in [0.15, 0.2) is 62.7 Å². The number of benzene rings is 2. The predicted molar refractivity (Wildman–Crippen MR) is 91.9 cm³/mol. The Balaban J connectivity index is 1.88. The Hall–Kier alpha value is -2.18. The van der Waals surface area contributed by atoms with Crippen molar-refractivity contribution in [3.8, 4) is 0 Å². The number of nitrogens with one attached hydrogen (secondary N) is 1. The lowest BCUT2D eigenvalue weighted by atomic mass is 10.1. The van der Waals surface area contributed by atoms with Crippen LogP contribution in [0.25, 0.3) is 0 Å². The predicted octanol–water partition coefficient (Wildman–Crippen LogP) is 3.73. The first-order valence-electron chi connectivity index (χ1n) is 8.06. The number of nitrogens with zero attached hydrogens (tertiary/aromatic N) is 1. The molecule has 2 heterocycles. The summed E-state index contributed by atoms with van der Waals surface area (Å²) in [6, 6.07) is 14.6. The summed E-state index contributed by atoms with van der Waals surface area (Å²) in [6.07, 6.45) is 1.95. The number of hydrogen-bond acceptors (Lipinski definition) is 4. The van der Waals surface area contributed by atoms with Gasteiger partial charge in [-0.1, -0.05) is 24.3 Å². The average molecular weight is 342 g/mol. The first-order chi connectivity index (χ1) is 11.7. The number of amides is 1. The Morgan fingerprint density at radius 2 is 1.67 bits per heavy atom. The first kappa shape index (κ1) is 15.4. The van der Waals surface area contributed by atoms with Crippen LogP contribution in [0.1, 0.15) is 19.3 Å². The van der Waals surface area contributed by atoms with Crippen LogP contribution < -0.4 is 5.32 Å². The van der Waals surface area contributed by atoms with Crippen LogP contribution in [-0.2, 0) is 19.3 Å². The molecule has 6 heteroatoms. The number of para-hydroxylation sites is 2. The van der Waals surface area contributed by atoms with E-state index in [2.05, 4.69) is 9.68 Å². The molecule has 124 valence electrons. The van der Waals surface area contributed by atoms with E-state index in [1.54, 1.807) is 12.1 Å². The van der Waals surface area contributed by atoms with Crippen molar-refractivity contribution in [2.45, 2.75) is 35.2 Å². The molecule has 1 amide bonds. The highest BCUT2D eigenvalue weighted by atomic mass is 32.2. The van der Waals surface area contributed by atoms with E-state index in [-0.39, 0.29) is 0 Å². The summed E-state index contributed by atoms with van der Waals surface area (Å²) in [5.74, 6) is -0.425. The summed E-state index contributed by atoms with van der Waals surface area (Å²) in [6.45, 7) is 0.557. The minimum atomic E-state index is -3.02. The number of carbonyl (C=O) groups excluding carboxylic acids is 1. The molecule has 0 spiro atoms. The van der Waals surface area contributed by atoms with Crippen molar-refractivity contribution in [3.05, 3.63) is 48.5 Å². The van der Waals surface area contributed by atoms with Gasteiger partial charge in [-0.2, -0.15) is 4.36 Å². The summed E-state index contributed by atoms with van der Waals surface area (Å²) >= 11 is 0.